The van der Waals surface area contributed by atoms with Crippen molar-refractivity contribution in [1.29, 1.82) is 0 Å². The lowest BCUT2D eigenvalue weighted by Gasteiger charge is -2.37. The molecule has 1 aromatic heterocycles. The molecule has 2 heterocycles. The van der Waals surface area contributed by atoms with Crippen LogP contribution in [0, 0.1) is 11.6 Å². The molecule has 6 nitrogen and oxygen atoms in total. The maximum atomic E-state index is 14.2. The first-order valence-electron chi connectivity index (χ1n) is 11.1. The van der Waals surface area contributed by atoms with Crippen LogP contribution in [0.15, 0.2) is 52.7 Å². The smallest absolute Gasteiger partial charge is 0.258 e. The summed E-state index contributed by atoms with van der Waals surface area (Å²) in [5.74, 6) is -0.172. The standard InChI is InChI=1S/C25H26F2N4O2S/c1-4-5-6-13-31-15(2)21(22(28-25(31)34)16-7-10-18(26)11-8-16)24-29-23(30-33-24)17-9-12-20(32-3)19(27)14-17/h7-12,14,22H,4-6,13H2,1-3H3,(H,28,34). The van der Waals surface area contributed by atoms with Gasteiger partial charge in [-0.2, -0.15) is 4.98 Å². The third kappa shape index (κ3) is 4.79. The van der Waals surface area contributed by atoms with Crippen molar-refractivity contribution in [2.45, 2.75) is 39.2 Å². The summed E-state index contributed by atoms with van der Waals surface area (Å²) in [5.41, 5.74) is 2.89. The second-order valence-electron chi connectivity index (χ2n) is 8.06. The molecule has 0 bridgehead atoms. The second kappa shape index (κ2) is 10.3. The maximum absolute atomic E-state index is 14.2. The molecule has 2 aromatic carbocycles. The highest BCUT2D eigenvalue weighted by atomic mass is 32.1. The van der Waals surface area contributed by atoms with Gasteiger partial charge in [-0.1, -0.05) is 37.1 Å². The van der Waals surface area contributed by atoms with E-state index in [1.165, 1.54) is 31.4 Å². The molecule has 0 aliphatic carbocycles. The molecule has 0 saturated carbocycles. The van der Waals surface area contributed by atoms with E-state index in [0.717, 1.165) is 42.6 Å². The van der Waals surface area contributed by atoms with Gasteiger partial charge in [0.15, 0.2) is 16.7 Å². The number of methoxy groups -OCH3 is 1. The molecule has 34 heavy (non-hydrogen) atoms. The van der Waals surface area contributed by atoms with Crippen LogP contribution in [0.25, 0.3) is 17.0 Å². The lowest BCUT2D eigenvalue weighted by Crippen LogP contribution is -2.46. The van der Waals surface area contributed by atoms with Crippen LogP contribution < -0.4 is 10.1 Å². The first-order valence-corrected chi connectivity index (χ1v) is 11.6. The molecule has 0 saturated heterocycles. The van der Waals surface area contributed by atoms with Crippen LogP contribution >= 0.6 is 12.2 Å². The molecular formula is C25H26F2N4O2S. The highest BCUT2D eigenvalue weighted by Gasteiger charge is 2.34. The van der Waals surface area contributed by atoms with Gasteiger partial charge in [-0.3, -0.25) is 0 Å². The largest absolute Gasteiger partial charge is 0.494 e. The van der Waals surface area contributed by atoms with Crippen molar-refractivity contribution in [3.63, 3.8) is 0 Å². The number of unbranched alkanes of at least 4 members (excludes halogenated alkanes) is 2. The van der Waals surface area contributed by atoms with E-state index in [0.29, 0.717) is 10.7 Å². The lowest BCUT2D eigenvalue weighted by atomic mass is 9.94. The van der Waals surface area contributed by atoms with Crippen molar-refractivity contribution in [2.24, 2.45) is 0 Å². The molecule has 1 aliphatic heterocycles. The summed E-state index contributed by atoms with van der Waals surface area (Å²) in [4.78, 5) is 6.60. The van der Waals surface area contributed by atoms with E-state index in [4.69, 9.17) is 21.5 Å². The highest BCUT2D eigenvalue weighted by molar-refractivity contribution is 7.80. The Morgan fingerprint density at radius 3 is 2.59 bits per heavy atom. The van der Waals surface area contributed by atoms with Crippen LogP contribution in [-0.4, -0.2) is 33.8 Å². The zero-order valence-corrected chi connectivity index (χ0v) is 20.1. The molecule has 3 aromatic rings. The van der Waals surface area contributed by atoms with Crippen molar-refractivity contribution in [3.05, 3.63) is 71.3 Å². The van der Waals surface area contributed by atoms with Crippen LogP contribution in [0.5, 0.6) is 5.75 Å². The van der Waals surface area contributed by atoms with E-state index in [1.54, 1.807) is 18.2 Å². The number of hydrogen-bond acceptors (Lipinski definition) is 5. The summed E-state index contributed by atoms with van der Waals surface area (Å²) in [6.07, 6.45) is 3.15. The minimum Gasteiger partial charge on any atom is -0.494 e. The van der Waals surface area contributed by atoms with Crippen molar-refractivity contribution in [1.82, 2.24) is 20.4 Å². The van der Waals surface area contributed by atoms with Crippen LogP contribution in [-0.2, 0) is 0 Å². The maximum Gasteiger partial charge on any atom is 0.258 e. The third-order valence-corrected chi connectivity index (χ3v) is 6.19. The number of ether oxygens (including phenoxy) is 1. The van der Waals surface area contributed by atoms with Gasteiger partial charge in [-0.25, -0.2) is 8.78 Å². The van der Waals surface area contributed by atoms with Gasteiger partial charge in [0.2, 0.25) is 5.82 Å². The van der Waals surface area contributed by atoms with Gasteiger partial charge in [-0.15, -0.1) is 0 Å². The Labute approximate surface area is 202 Å². The number of nitrogens with one attached hydrogen (secondary N) is 1. The molecule has 1 atom stereocenters. The van der Waals surface area contributed by atoms with Gasteiger partial charge in [0.1, 0.15) is 5.82 Å². The average Bonchev–Trinajstić information content (AvgIpc) is 3.31. The van der Waals surface area contributed by atoms with E-state index < -0.39 is 11.9 Å². The second-order valence-corrected chi connectivity index (χ2v) is 8.45. The molecule has 0 amide bonds. The number of halogens is 2. The topological polar surface area (TPSA) is 63.4 Å². The zero-order valence-electron chi connectivity index (χ0n) is 19.3. The summed E-state index contributed by atoms with van der Waals surface area (Å²) in [6.45, 7) is 4.85. The molecule has 0 fully saturated rings. The molecule has 1 unspecified atom stereocenters. The van der Waals surface area contributed by atoms with E-state index >= 15 is 0 Å². The molecule has 178 valence electrons. The Kier molecular flexibility index (Phi) is 7.21. The van der Waals surface area contributed by atoms with Crippen LogP contribution in [0.1, 0.15) is 50.6 Å². The molecule has 1 N–H and O–H groups in total. The SMILES string of the molecule is CCCCCN1C(=S)NC(c2ccc(F)cc2)C(c2nc(-c3ccc(OC)c(F)c3)no2)=C1C. The Balaban J connectivity index is 1.76. The van der Waals surface area contributed by atoms with E-state index in [1.807, 2.05) is 11.8 Å². The van der Waals surface area contributed by atoms with Crippen molar-refractivity contribution >= 4 is 22.9 Å². The van der Waals surface area contributed by atoms with Crippen LogP contribution in [0.4, 0.5) is 8.78 Å². The quantitative estimate of drug-likeness (QED) is 0.317. The minimum atomic E-state index is -0.516. The van der Waals surface area contributed by atoms with Gasteiger partial charge in [0.05, 0.1) is 18.7 Å². The van der Waals surface area contributed by atoms with Gasteiger partial charge in [0.25, 0.3) is 5.89 Å². The van der Waals surface area contributed by atoms with Crippen molar-refractivity contribution in [2.75, 3.05) is 13.7 Å². The van der Waals surface area contributed by atoms with E-state index in [2.05, 4.69) is 22.4 Å². The van der Waals surface area contributed by atoms with E-state index in [9.17, 15) is 8.78 Å². The molecule has 1 aliphatic rings. The molecule has 4 rings (SSSR count). The fourth-order valence-electron chi connectivity index (χ4n) is 4.01. The van der Waals surface area contributed by atoms with Gasteiger partial charge < -0.3 is 19.5 Å². The zero-order chi connectivity index (χ0) is 24.2. The van der Waals surface area contributed by atoms with Gasteiger partial charge >= 0.3 is 0 Å². The number of nitrogens with zero attached hydrogens (tertiary/aromatic N) is 3. The molecule has 9 heteroatoms. The number of thiocarbonyl (C=S) groups is 1. The van der Waals surface area contributed by atoms with Gasteiger partial charge in [-0.05, 0) is 61.5 Å². The predicted octanol–water partition coefficient (Wildman–Crippen LogP) is 5.88. The monoisotopic (exact) mass is 484 g/mol. The van der Waals surface area contributed by atoms with Gasteiger partial charge in [0, 0.05) is 17.8 Å². The summed E-state index contributed by atoms with van der Waals surface area (Å²) in [7, 11) is 1.40. The first kappa shape index (κ1) is 23.8. The summed E-state index contributed by atoms with van der Waals surface area (Å²) < 4.78 is 38.5. The number of rotatable bonds is 8. The summed E-state index contributed by atoms with van der Waals surface area (Å²) in [5, 5.41) is 8.03. The van der Waals surface area contributed by atoms with E-state index in [-0.39, 0.29) is 23.3 Å². The number of aromatic nitrogens is 2. The Bertz CT molecular complexity index is 1210. The molecular weight excluding hydrogens is 458 g/mol. The average molecular weight is 485 g/mol. The normalized spacial score (nSPS) is 16.1. The molecule has 0 spiro atoms. The minimum absolute atomic E-state index is 0.134. The number of hydrogen-bond donors (Lipinski definition) is 1. The molecule has 0 radical (unpaired) electrons. The highest BCUT2D eigenvalue weighted by Crippen LogP contribution is 2.37. The predicted molar refractivity (Wildman–Crippen MR) is 130 cm³/mol. The Morgan fingerprint density at radius 2 is 1.91 bits per heavy atom. The fraction of sp³-hybridized carbons (Fsp3) is 0.320. The lowest BCUT2D eigenvalue weighted by molar-refractivity contribution is 0.386. The van der Waals surface area contributed by atoms with Crippen molar-refractivity contribution < 1.29 is 18.0 Å². The number of benzene rings is 2. The Morgan fingerprint density at radius 1 is 1.15 bits per heavy atom. The fourth-order valence-corrected chi connectivity index (χ4v) is 4.35. The number of allylic oxidation sites excluding steroid dienone is 1. The third-order valence-electron chi connectivity index (χ3n) is 5.85. The first-order chi connectivity index (χ1) is 16.4. The van der Waals surface area contributed by atoms with Crippen LogP contribution in [0.2, 0.25) is 0 Å². The van der Waals surface area contributed by atoms with Crippen LogP contribution in [0.3, 0.4) is 0 Å². The Hall–Kier alpha value is -3.33. The van der Waals surface area contributed by atoms with Crippen molar-refractivity contribution in [3.8, 4) is 17.1 Å². The summed E-state index contributed by atoms with van der Waals surface area (Å²) >= 11 is 5.67. The summed E-state index contributed by atoms with van der Waals surface area (Å²) in [6, 6.07) is 10.3.